The molecule has 0 saturated heterocycles. The van der Waals surface area contributed by atoms with E-state index in [0.29, 0.717) is 11.3 Å². The fourth-order valence-electron chi connectivity index (χ4n) is 1.53. The summed E-state index contributed by atoms with van der Waals surface area (Å²) in [6.45, 7) is 6.38. The van der Waals surface area contributed by atoms with E-state index < -0.39 is 0 Å². The van der Waals surface area contributed by atoms with Gasteiger partial charge in [0.25, 0.3) is 0 Å². The normalized spacial score (nSPS) is 13.2. The summed E-state index contributed by atoms with van der Waals surface area (Å²) in [4.78, 5) is 0. The van der Waals surface area contributed by atoms with Crippen LogP contribution < -0.4 is 0 Å². The monoisotopic (exact) mass is 201 g/mol. The minimum Gasteiger partial charge on any atom is -0.299 e. The largest absolute Gasteiger partial charge is 0.299 e. The topological polar surface area (TPSA) is 30.7 Å². The van der Waals surface area contributed by atoms with Gasteiger partial charge in [-0.2, -0.15) is 0 Å². The molecule has 0 bridgehead atoms. The van der Waals surface area contributed by atoms with Crippen LogP contribution in [0.15, 0.2) is 0 Å². The zero-order chi connectivity index (χ0) is 9.84. The number of hydrogen-bond donors (Lipinski definition) is 0. The highest BCUT2D eigenvalue weighted by Gasteiger charge is 2.13. The van der Waals surface area contributed by atoms with Gasteiger partial charge in [0.2, 0.25) is 5.28 Å². The van der Waals surface area contributed by atoms with Gasteiger partial charge in [-0.05, 0) is 24.9 Å². The number of rotatable bonds is 4. The zero-order valence-corrected chi connectivity index (χ0v) is 9.17. The van der Waals surface area contributed by atoms with E-state index in [9.17, 15) is 0 Å². The second-order valence-electron chi connectivity index (χ2n) is 3.25. The van der Waals surface area contributed by atoms with Crippen molar-refractivity contribution in [2.24, 2.45) is 0 Å². The molecule has 13 heavy (non-hydrogen) atoms. The molecular weight excluding hydrogens is 186 g/mol. The summed E-state index contributed by atoms with van der Waals surface area (Å²) in [5.74, 6) is 0.978. The second-order valence-corrected chi connectivity index (χ2v) is 3.58. The predicted octanol–water partition coefficient (Wildman–Crippen LogP) is 2.86. The number of hydrogen-bond acceptors (Lipinski definition) is 2. The lowest BCUT2D eigenvalue weighted by molar-refractivity contribution is 0.484. The Morgan fingerprint density at radius 3 is 2.62 bits per heavy atom. The molecule has 1 unspecified atom stereocenters. The van der Waals surface area contributed by atoms with Crippen molar-refractivity contribution in [3.05, 3.63) is 11.1 Å². The van der Waals surface area contributed by atoms with Gasteiger partial charge in [-0.1, -0.05) is 20.3 Å². The molecule has 0 aromatic carbocycles. The summed E-state index contributed by atoms with van der Waals surface area (Å²) < 4.78 is 2.02. The predicted molar refractivity (Wildman–Crippen MR) is 54.0 cm³/mol. The fourth-order valence-corrected chi connectivity index (χ4v) is 1.83. The molecule has 0 saturated carbocycles. The summed E-state index contributed by atoms with van der Waals surface area (Å²) in [6, 6.07) is 0.405. The highest BCUT2D eigenvalue weighted by molar-refractivity contribution is 6.28. The molecule has 0 fully saturated rings. The van der Waals surface area contributed by atoms with Gasteiger partial charge in [-0.15, -0.1) is 10.2 Å². The lowest BCUT2D eigenvalue weighted by Gasteiger charge is -2.14. The molecule has 1 aromatic rings. The van der Waals surface area contributed by atoms with Gasteiger partial charge in [0.1, 0.15) is 5.82 Å². The van der Waals surface area contributed by atoms with E-state index in [1.54, 1.807) is 0 Å². The first-order chi connectivity index (χ1) is 6.20. The summed E-state index contributed by atoms with van der Waals surface area (Å²) in [6.07, 6.45) is 3.15. The maximum atomic E-state index is 5.94. The number of aromatic nitrogens is 3. The van der Waals surface area contributed by atoms with Crippen LogP contribution in [0, 0.1) is 0 Å². The van der Waals surface area contributed by atoms with Crippen molar-refractivity contribution >= 4 is 11.6 Å². The van der Waals surface area contributed by atoms with E-state index in [0.717, 1.165) is 25.1 Å². The molecule has 0 N–H and O–H groups in total. The molecular formula is C9H16ClN3. The first-order valence-electron chi connectivity index (χ1n) is 4.79. The van der Waals surface area contributed by atoms with Crippen LogP contribution in [0.4, 0.5) is 0 Å². The number of nitrogens with zero attached hydrogens (tertiary/aromatic N) is 3. The van der Waals surface area contributed by atoms with Crippen molar-refractivity contribution < 1.29 is 0 Å². The SMILES string of the molecule is CCCC(C)n1c(Cl)nnc1CC. The summed E-state index contributed by atoms with van der Waals surface area (Å²) in [5, 5.41) is 8.40. The maximum absolute atomic E-state index is 5.94. The Kier molecular flexibility index (Phi) is 3.72. The van der Waals surface area contributed by atoms with E-state index in [-0.39, 0.29) is 0 Å². The van der Waals surface area contributed by atoms with Crippen molar-refractivity contribution in [1.29, 1.82) is 0 Å². The second kappa shape index (κ2) is 4.61. The molecule has 1 heterocycles. The number of halogens is 1. The molecule has 0 aliphatic heterocycles. The lowest BCUT2D eigenvalue weighted by Crippen LogP contribution is -2.08. The molecule has 3 nitrogen and oxygen atoms in total. The molecule has 1 atom stereocenters. The minimum absolute atomic E-state index is 0.405. The van der Waals surface area contributed by atoms with Gasteiger partial charge in [0.05, 0.1) is 0 Å². The Hall–Kier alpha value is -0.570. The van der Waals surface area contributed by atoms with Crippen molar-refractivity contribution in [3.8, 4) is 0 Å². The average Bonchev–Trinajstić information content (AvgIpc) is 2.47. The van der Waals surface area contributed by atoms with E-state index in [1.165, 1.54) is 0 Å². The molecule has 0 aliphatic carbocycles. The zero-order valence-electron chi connectivity index (χ0n) is 8.42. The van der Waals surface area contributed by atoms with Gasteiger partial charge in [-0.3, -0.25) is 4.57 Å². The Morgan fingerprint density at radius 2 is 2.08 bits per heavy atom. The third kappa shape index (κ3) is 2.21. The van der Waals surface area contributed by atoms with Crippen molar-refractivity contribution in [3.63, 3.8) is 0 Å². The van der Waals surface area contributed by atoms with Crippen molar-refractivity contribution in [1.82, 2.24) is 14.8 Å². The third-order valence-electron chi connectivity index (χ3n) is 2.19. The van der Waals surface area contributed by atoms with Crippen LogP contribution in [-0.2, 0) is 6.42 Å². The van der Waals surface area contributed by atoms with Gasteiger partial charge < -0.3 is 0 Å². The Labute approximate surface area is 84.1 Å². The molecule has 0 amide bonds. The highest BCUT2D eigenvalue weighted by Crippen LogP contribution is 2.20. The molecule has 1 rings (SSSR count). The smallest absolute Gasteiger partial charge is 0.225 e. The standard InChI is InChI=1S/C9H16ClN3/c1-4-6-7(3)13-8(5-2)11-12-9(13)10/h7H,4-6H2,1-3H3. The van der Waals surface area contributed by atoms with Gasteiger partial charge in [-0.25, -0.2) is 0 Å². The first-order valence-corrected chi connectivity index (χ1v) is 5.17. The van der Waals surface area contributed by atoms with Gasteiger partial charge >= 0.3 is 0 Å². The lowest BCUT2D eigenvalue weighted by atomic mass is 10.2. The molecule has 0 radical (unpaired) electrons. The van der Waals surface area contributed by atoms with Crippen LogP contribution in [0.5, 0.6) is 0 Å². The summed E-state index contributed by atoms with van der Waals surface area (Å²) in [7, 11) is 0. The molecule has 1 aromatic heterocycles. The molecule has 0 spiro atoms. The molecule has 74 valence electrons. The van der Waals surface area contributed by atoms with E-state index in [1.807, 2.05) is 4.57 Å². The van der Waals surface area contributed by atoms with E-state index in [4.69, 9.17) is 11.6 Å². The Bertz CT molecular complexity index is 270. The highest BCUT2D eigenvalue weighted by atomic mass is 35.5. The van der Waals surface area contributed by atoms with Gasteiger partial charge in [0.15, 0.2) is 0 Å². The number of aryl methyl sites for hydroxylation is 1. The quantitative estimate of drug-likeness (QED) is 0.750. The minimum atomic E-state index is 0.405. The summed E-state index contributed by atoms with van der Waals surface area (Å²) >= 11 is 5.94. The van der Waals surface area contributed by atoms with Crippen molar-refractivity contribution in [2.45, 2.75) is 46.1 Å². The van der Waals surface area contributed by atoms with Crippen LogP contribution in [0.2, 0.25) is 5.28 Å². The Balaban J connectivity index is 2.89. The fraction of sp³-hybridized carbons (Fsp3) is 0.778. The van der Waals surface area contributed by atoms with Gasteiger partial charge in [0, 0.05) is 12.5 Å². The molecule has 4 heteroatoms. The van der Waals surface area contributed by atoms with E-state index in [2.05, 4.69) is 31.0 Å². The van der Waals surface area contributed by atoms with Crippen molar-refractivity contribution in [2.75, 3.05) is 0 Å². The van der Waals surface area contributed by atoms with Crippen LogP contribution in [0.25, 0.3) is 0 Å². The first kappa shape index (κ1) is 10.5. The maximum Gasteiger partial charge on any atom is 0.225 e. The molecule has 0 aliphatic rings. The summed E-state index contributed by atoms with van der Waals surface area (Å²) in [5.41, 5.74) is 0. The van der Waals surface area contributed by atoms with Crippen LogP contribution in [-0.4, -0.2) is 14.8 Å². The van der Waals surface area contributed by atoms with Crippen LogP contribution >= 0.6 is 11.6 Å². The Morgan fingerprint density at radius 1 is 1.38 bits per heavy atom. The average molecular weight is 202 g/mol. The van der Waals surface area contributed by atoms with E-state index >= 15 is 0 Å². The third-order valence-corrected chi connectivity index (χ3v) is 2.45. The van der Waals surface area contributed by atoms with Crippen LogP contribution in [0.3, 0.4) is 0 Å². The van der Waals surface area contributed by atoms with Crippen LogP contribution in [0.1, 0.15) is 45.5 Å².